The number of carbonyl (C=O) groups excluding carboxylic acids is 1. The first-order valence-electron chi connectivity index (χ1n) is 7.26. The topological polar surface area (TPSA) is 38.3 Å². The molecule has 2 aliphatic heterocycles. The lowest BCUT2D eigenvalue weighted by molar-refractivity contribution is 0.0717. The van der Waals surface area contributed by atoms with E-state index in [1.54, 1.807) is 0 Å². The molecule has 1 fully saturated rings. The van der Waals surface area contributed by atoms with Gasteiger partial charge in [0.2, 0.25) is 0 Å². The van der Waals surface area contributed by atoms with Gasteiger partial charge in [-0.1, -0.05) is 6.92 Å². The first-order chi connectivity index (χ1) is 9.25. The van der Waals surface area contributed by atoms with Crippen molar-refractivity contribution in [2.45, 2.75) is 32.6 Å². The van der Waals surface area contributed by atoms with Gasteiger partial charge in [-0.25, -0.2) is 0 Å². The second-order valence-electron chi connectivity index (χ2n) is 5.63. The highest BCUT2D eigenvalue weighted by atomic mass is 16.5. The summed E-state index contributed by atoms with van der Waals surface area (Å²) in [7, 11) is 0. The average Bonchev–Trinajstić information content (AvgIpc) is 2.94. The normalized spacial score (nSPS) is 20.7. The van der Waals surface area contributed by atoms with E-state index < -0.39 is 0 Å². The molecule has 1 aromatic rings. The number of fused-ring (bicyclic) bond motifs is 1. The third-order valence-electron chi connectivity index (χ3n) is 4.67. The second kappa shape index (κ2) is 4.97. The van der Waals surface area contributed by atoms with E-state index in [2.05, 4.69) is 12.2 Å². The second-order valence-corrected chi connectivity index (χ2v) is 5.63. The van der Waals surface area contributed by atoms with E-state index in [1.165, 1.54) is 5.56 Å². The molecule has 0 radical (unpaired) electrons. The summed E-state index contributed by atoms with van der Waals surface area (Å²) in [4.78, 5) is 12.9. The zero-order chi connectivity index (χ0) is 13.3. The maximum atomic E-state index is 12.9. The molecule has 1 aromatic carbocycles. The van der Waals surface area contributed by atoms with Crippen molar-refractivity contribution < 1.29 is 9.53 Å². The van der Waals surface area contributed by atoms with E-state index in [-0.39, 0.29) is 5.41 Å². The molecule has 3 nitrogen and oxygen atoms in total. The number of hydrogen-bond donors (Lipinski definition) is 1. The lowest BCUT2D eigenvalue weighted by atomic mass is 9.71. The third-order valence-corrected chi connectivity index (χ3v) is 4.67. The molecule has 1 saturated heterocycles. The van der Waals surface area contributed by atoms with Crippen LogP contribution in [-0.4, -0.2) is 25.5 Å². The molecule has 0 aliphatic carbocycles. The van der Waals surface area contributed by atoms with E-state index in [0.717, 1.165) is 56.7 Å². The Morgan fingerprint density at radius 2 is 2.16 bits per heavy atom. The van der Waals surface area contributed by atoms with Gasteiger partial charge in [-0.05, 0) is 56.1 Å². The Morgan fingerprint density at radius 1 is 1.37 bits per heavy atom. The summed E-state index contributed by atoms with van der Waals surface area (Å²) < 4.78 is 5.51. The van der Waals surface area contributed by atoms with Gasteiger partial charge in [0.15, 0.2) is 5.78 Å². The molecule has 1 N–H and O–H groups in total. The largest absolute Gasteiger partial charge is 0.493 e. The van der Waals surface area contributed by atoms with Gasteiger partial charge >= 0.3 is 0 Å². The van der Waals surface area contributed by atoms with Crippen LogP contribution in [0.1, 0.15) is 42.1 Å². The summed E-state index contributed by atoms with van der Waals surface area (Å²) in [6.07, 6.45) is 3.77. The molecule has 0 aromatic heterocycles. The molecular weight excluding hydrogens is 238 g/mol. The zero-order valence-electron chi connectivity index (χ0n) is 11.5. The Morgan fingerprint density at radius 3 is 2.89 bits per heavy atom. The van der Waals surface area contributed by atoms with Crippen molar-refractivity contribution in [3.63, 3.8) is 0 Å². The van der Waals surface area contributed by atoms with Crippen molar-refractivity contribution >= 4 is 5.78 Å². The van der Waals surface area contributed by atoms with Crippen LogP contribution in [0.5, 0.6) is 5.75 Å². The van der Waals surface area contributed by atoms with Crippen LogP contribution >= 0.6 is 0 Å². The molecule has 3 heteroatoms. The van der Waals surface area contributed by atoms with Crippen LogP contribution in [0.4, 0.5) is 0 Å². The van der Waals surface area contributed by atoms with E-state index >= 15 is 0 Å². The number of ketones is 1. The van der Waals surface area contributed by atoms with Crippen molar-refractivity contribution in [2.75, 3.05) is 19.7 Å². The first-order valence-corrected chi connectivity index (χ1v) is 7.26. The Bertz CT molecular complexity index is 490. The monoisotopic (exact) mass is 259 g/mol. The maximum absolute atomic E-state index is 12.9. The summed E-state index contributed by atoms with van der Waals surface area (Å²) in [6, 6.07) is 5.94. The summed E-state index contributed by atoms with van der Waals surface area (Å²) in [5.74, 6) is 1.28. The standard InChI is InChI=1S/C16H21NO2/c1-2-16(6-8-17-9-7-16)15(18)13-3-4-14-12(11-13)5-10-19-14/h3-4,11,17H,2,5-10H2,1H3. The SMILES string of the molecule is CCC1(C(=O)c2ccc3c(c2)CCO3)CCNCC1. The fourth-order valence-electron chi connectivity index (χ4n) is 3.28. The zero-order valence-corrected chi connectivity index (χ0v) is 11.5. The Kier molecular flexibility index (Phi) is 3.31. The first kappa shape index (κ1) is 12.7. The number of benzene rings is 1. The van der Waals surface area contributed by atoms with Crippen LogP contribution in [0.3, 0.4) is 0 Å². The van der Waals surface area contributed by atoms with Gasteiger partial charge < -0.3 is 10.1 Å². The van der Waals surface area contributed by atoms with Gasteiger partial charge in [-0.3, -0.25) is 4.79 Å². The molecule has 0 amide bonds. The fraction of sp³-hybridized carbons (Fsp3) is 0.562. The molecule has 2 heterocycles. The molecule has 2 aliphatic rings. The smallest absolute Gasteiger partial charge is 0.169 e. The Labute approximate surface area is 114 Å². The average molecular weight is 259 g/mol. The highest BCUT2D eigenvalue weighted by Gasteiger charge is 2.38. The molecule has 0 unspecified atom stereocenters. The van der Waals surface area contributed by atoms with E-state index in [4.69, 9.17) is 4.74 Å². The number of rotatable bonds is 3. The third kappa shape index (κ3) is 2.16. The van der Waals surface area contributed by atoms with E-state index in [1.807, 2.05) is 18.2 Å². The number of nitrogens with one attached hydrogen (secondary N) is 1. The van der Waals surface area contributed by atoms with Gasteiger partial charge in [0.05, 0.1) is 6.61 Å². The van der Waals surface area contributed by atoms with E-state index in [9.17, 15) is 4.79 Å². The van der Waals surface area contributed by atoms with Crippen LogP contribution in [0.15, 0.2) is 18.2 Å². The molecule has 0 bridgehead atoms. The Balaban J connectivity index is 1.90. The van der Waals surface area contributed by atoms with Gasteiger partial charge in [0, 0.05) is 17.4 Å². The summed E-state index contributed by atoms with van der Waals surface area (Å²) in [5.41, 5.74) is 1.90. The van der Waals surface area contributed by atoms with Gasteiger partial charge in [0.25, 0.3) is 0 Å². The molecule has 102 valence electrons. The maximum Gasteiger partial charge on any atom is 0.169 e. The molecule has 0 saturated carbocycles. The van der Waals surface area contributed by atoms with Crippen LogP contribution in [0, 0.1) is 5.41 Å². The van der Waals surface area contributed by atoms with Crippen LogP contribution in [0.25, 0.3) is 0 Å². The molecule has 3 rings (SSSR count). The number of carbonyl (C=O) groups is 1. The molecular formula is C16H21NO2. The number of ether oxygens (including phenoxy) is 1. The minimum absolute atomic E-state index is 0.154. The minimum Gasteiger partial charge on any atom is -0.493 e. The molecule has 19 heavy (non-hydrogen) atoms. The summed E-state index contributed by atoms with van der Waals surface area (Å²) in [6.45, 7) is 4.79. The molecule has 0 spiro atoms. The lowest BCUT2D eigenvalue weighted by Gasteiger charge is -2.35. The van der Waals surface area contributed by atoms with Crippen molar-refractivity contribution in [1.82, 2.24) is 5.32 Å². The van der Waals surface area contributed by atoms with Gasteiger partial charge in [-0.15, -0.1) is 0 Å². The van der Waals surface area contributed by atoms with Crippen molar-refractivity contribution in [3.05, 3.63) is 29.3 Å². The van der Waals surface area contributed by atoms with Crippen molar-refractivity contribution in [1.29, 1.82) is 0 Å². The number of piperidine rings is 1. The fourth-order valence-corrected chi connectivity index (χ4v) is 3.28. The summed E-state index contributed by atoms with van der Waals surface area (Å²) in [5, 5.41) is 3.35. The lowest BCUT2D eigenvalue weighted by Crippen LogP contribution is -2.41. The highest BCUT2D eigenvalue weighted by Crippen LogP contribution is 2.37. The number of Topliss-reactive ketones (excluding diaryl/α,β-unsaturated/α-hetero) is 1. The quantitative estimate of drug-likeness (QED) is 0.848. The van der Waals surface area contributed by atoms with Gasteiger partial charge in [-0.2, -0.15) is 0 Å². The predicted molar refractivity (Wildman–Crippen MR) is 74.8 cm³/mol. The Hall–Kier alpha value is -1.35. The van der Waals surface area contributed by atoms with Gasteiger partial charge in [0.1, 0.15) is 5.75 Å². The molecule has 0 atom stereocenters. The van der Waals surface area contributed by atoms with Crippen LogP contribution < -0.4 is 10.1 Å². The number of hydrogen-bond acceptors (Lipinski definition) is 3. The highest BCUT2D eigenvalue weighted by molar-refractivity contribution is 6.01. The van der Waals surface area contributed by atoms with Crippen LogP contribution in [0.2, 0.25) is 0 Å². The van der Waals surface area contributed by atoms with Crippen molar-refractivity contribution in [3.8, 4) is 5.75 Å². The van der Waals surface area contributed by atoms with Crippen LogP contribution in [-0.2, 0) is 6.42 Å². The van der Waals surface area contributed by atoms with Crippen molar-refractivity contribution in [2.24, 2.45) is 5.41 Å². The van der Waals surface area contributed by atoms with E-state index in [0.29, 0.717) is 5.78 Å². The predicted octanol–water partition coefficient (Wildman–Crippen LogP) is 2.58. The summed E-state index contributed by atoms with van der Waals surface area (Å²) >= 11 is 0. The minimum atomic E-state index is -0.154.